The fourth-order valence-electron chi connectivity index (χ4n) is 2.73. The van der Waals surface area contributed by atoms with Gasteiger partial charge in [0.2, 0.25) is 0 Å². The second kappa shape index (κ2) is 6.20. The lowest BCUT2D eigenvalue weighted by Crippen LogP contribution is -2.24. The topological polar surface area (TPSA) is 29.5 Å². The van der Waals surface area contributed by atoms with Gasteiger partial charge in [-0.15, -0.1) is 0 Å². The van der Waals surface area contributed by atoms with E-state index >= 15 is 0 Å². The summed E-state index contributed by atoms with van der Waals surface area (Å²) < 4.78 is 4.77. The van der Waals surface area contributed by atoms with Crippen LogP contribution in [-0.2, 0) is 4.74 Å². The van der Waals surface area contributed by atoms with Crippen molar-refractivity contribution >= 4 is 5.97 Å². The van der Waals surface area contributed by atoms with Crippen molar-refractivity contribution in [2.24, 2.45) is 0 Å². The van der Waals surface area contributed by atoms with Crippen LogP contribution in [0.3, 0.4) is 0 Å². The van der Waals surface area contributed by atoms with Crippen LogP contribution in [0.2, 0.25) is 0 Å². The average molecular weight is 260 g/mol. The number of benzene rings is 1. The van der Waals surface area contributed by atoms with Gasteiger partial charge in [0.1, 0.15) is 0 Å². The van der Waals surface area contributed by atoms with Gasteiger partial charge in [-0.3, -0.25) is 0 Å². The Morgan fingerprint density at radius 1 is 1.42 bits per heavy atom. The Hall–Kier alpha value is -1.35. The molecule has 3 nitrogen and oxygen atoms in total. The summed E-state index contributed by atoms with van der Waals surface area (Å²) in [5.74, 6) is 1.72. The molecule has 1 unspecified atom stereocenters. The van der Waals surface area contributed by atoms with Gasteiger partial charge in [-0.1, -0.05) is 26.0 Å². The van der Waals surface area contributed by atoms with Crippen molar-refractivity contribution in [3.8, 4) is 0 Å². The minimum absolute atomic E-state index is 0.255. The molecular formula is C16H22NO2. The normalized spacial score (nSPS) is 19.9. The second-order valence-corrected chi connectivity index (χ2v) is 5.54. The first-order valence-electron chi connectivity index (χ1n) is 6.80. The van der Waals surface area contributed by atoms with Crippen molar-refractivity contribution in [2.45, 2.75) is 26.2 Å². The monoisotopic (exact) mass is 260 g/mol. The molecule has 103 valence electrons. The van der Waals surface area contributed by atoms with Crippen LogP contribution in [0, 0.1) is 5.92 Å². The zero-order valence-corrected chi connectivity index (χ0v) is 12.0. The number of hydrogen-bond donors (Lipinski definition) is 0. The molecule has 1 aliphatic heterocycles. The number of carbonyl (C=O) groups excluding carboxylic acids is 1. The highest BCUT2D eigenvalue weighted by atomic mass is 16.5. The van der Waals surface area contributed by atoms with Crippen molar-refractivity contribution < 1.29 is 9.53 Å². The quantitative estimate of drug-likeness (QED) is 0.780. The smallest absolute Gasteiger partial charge is 0.337 e. The van der Waals surface area contributed by atoms with Crippen LogP contribution in [0.4, 0.5) is 0 Å². The van der Waals surface area contributed by atoms with Gasteiger partial charge < -0.3 is 9.64 Å². The van der Waals surface area contributed by atoms with Gasteiger partial charge in [0.05, 0.1) is 12.7 Å². The number of likely N-dealkylation sites (tertiary alicyclic amines) is 1. The first-order chi connectivity index (χ1) is 9.10. The van der Waals surface area contributed by atoms with Crippen molar-refractivity contribution in [3.05, 3.63) is 41.3 Å². The molecule has 0 N–H and O–H groups in total. The maximum atomic E-state index is 11.6. The van der Waals surface area contributed by atoms with Crippen LogP contribution in [0.15, 0.2) is 24.3 Å². The van der Waals surface area contributed by atoms with Gasteiger partial charge in [0.25, 0.3) is 0 Å². The predicted octanol–water partition coefficient (Wildman–Crippen LogP) is 2.88. The fraction of sp³-hybridized carbons (Fsp3) is 0.500. The number of ether oxygens (including phenoxy) is 1. The third-order valence-corrected chi connectivity index (χ3v) is 3.59. The lowest BCUT2D eigenvalue weighted by molar-refractivity contribution is 0.0600. The lowest BCUT2D eigenvalue weighted by Gasteiger charge is -2.18. The van der Waals surface area contributed by atoms with Crippen LogP contribution in [0.1, 0.15) is 42.1 Å². The number of rotatable bonds is 4. The zero-order valence-electron chi connectivity index (χ0n) is 12.0. The SMILES string of the molecule is COC(=O)c1cccc(C2CCN(C[C](C)C)C2)c1. The molecule has 1 atom stereocenters. The average Bonchev–Trinajstić information content (AvgIpc) is 2.85. The molecule has 0 saturated carbocycles. The summed E-state index contributed by atoms with van der Waals surface area (Å²) in [6.45, 7) is 7.64. The fourth-order valence-corrected chi connectivity index (χ4v) is 2.73. The molecule has 3 heteroatoms. The molecule has 1 radical (unpaired) electrons. The molecule has 1 aliphatic rings. The molecule has 1 heterocycles. The summed E-state index contributed by atoms with van der Waals surface area (Å²) >= 11 is 0. The minimum atomic E-state index is -0.255. The Morgan fingerprint density at radius 2 is 2.21 bits per heavy atom. The van der Waals surface area contributed by atoms with Crippen LogP contribution in [-0.4, -0.2) is 37.6 Å². The molecule has 0 aromatic heterocycles. The zero-order chi connectivity index (χ0) is 13.8. The summed E-state index contributed by atoms with van der Waals surface area (Å²) in [6.07, 6.45) is 1.16. The van der Waals surface area contributed by atoms with E-state index in [1.807, 2.05) is 18.2 Å². The molecule has 0 spiro atoms. The van der Waals surface area contributed by atoms with Crippen LogP contribution < -0.4 is 0 Å². The highest BCUT2D eigenvalue weighted by Crippen LogP contribution is 2.28. The molecule has 1 aromatic rings. The summed E-state index contributed by atoms with van der Waals surface area (Å²) in [5, 5.41) is 0. The van der Waals surface area contributed by atoms with E-state index in [4.69, 9.17) is 4.74 Å². The molecule has 0 amide bonds. The molecule has 0 bridgehead atoms. The molecule has 1 fully saturated rings. The summed E-state index contributed by atoms with van der Waals surface area (Å²) in [6, 6.07) is 7.85. The van der Waals surface area contributed by atoms with E-state index in [9.17, 15) is 4.79 Å². The number of carbonyl (C=O) groups is 1. The Kier molecular flexibility index (Phi) is 4.59. The number of hydrogen-bond acceptors (Lipinski definition) is 3. The van der Waals surface area contributed by atoms with E-state index in [1.54, 1.807) is 0 Å². The van der Waals surface area contributed by atoms with Gasteiger partial charge in [-0.25, -0.2) is 4.79 Å². The van der Waals surface area contributed by atoms with E-state index in [-0.39, 0.29) is 5.97 Å². The highest BCUT2D eigenvalue weighted by molar-refractivity contribution is 5.89. The second-order valence-electron chi connectivity index (χ2n) is 5.54. The van der Waals surface area contributed by atoms with Gasteiger partial charge in [-0.05, 0) is 42.5 Å². The largest absolute Gasteiger partial charge is 0.465 e. The summed E-state index contributed by atoms with van der Waals surface area (Å²) in [7, 11) is 1.42. The number of esters is 1. The Bertz CT molecular complexity index is 442. The summed E-state index contributed by atoms with van der Waals surface area (Å²) in [5.41, 5.74) is 1.90. The van der Waals surface area contributed by atoms with Crippen LogP contribution in [0.25, 0.3) is 0 Å². The van der Waals surface area contributed by atoms with E-state index in [1.165, 1.54) is 18.6 Å². The van der Waals surface area contributed by atoms with Gasteiger partial charge in [-0.2, -0.15) is 0 Å². The molecule has 1 saturated heterocycles. The standard InChI is InChI=1S/C16H22NO2/c1-12(2)10-17-8-7-15(11-17)13-5-4-6-14(9-13)16(18)19-3/h4-6,9,15H,7-8,10-11H2,1-3H3. The van der Waals surface area contributed by atoms with E-state index in [2.05, 4.69) is 24.8 Å². The van der Waals surface area contributed by atoms with Crippen LogP contribution >= 0.6 is 0 Å². The summed E-state index contributed by atoms with van der Waals surface area (Å²) in [4.78, 5) is 14.0. The first-order valence-corrected chi connectivity index (χ1v) is 6.80. The van der Waals surface area contributed by atoms with Crippen LogP contribution in [0.5, 0.6) is 0 Å². The third kappa shape index (κ3) is 3.57. The number of nitrogens with zero attached hydrogens (tertiary/aromatic N) is 1. The number of methoxy groups -OCH3 is 1. The van der Waals surface area contributed by atoms with Crippen molar-refractivity contribution in [2.75, 3.05) is 26.7 Å². The maximum absolute atomic E-state index is 11.6. The van der Waals surface area contributed by atoms with Gasteiger partial charge >= 0.3 is 5.97 Å². The maximum Gasteiger partial charge on any atom is 0.337 e. The van der Waals surface area contributed by atoms with Crippen molar-refractivity contribution in [3.63, 3.8) is 0 Å². The molecule has 19 heavy (non-hydrogen) atoms. The molecule has 2 rings (SSSR count). The van der Waals surface area contributed by atoms with E-state index < -0.39 is 0 Å². The minimum Gasteiger partial charge on any atom is -0.465 e. The predicted molar refractivity (Wildman–Crippen MR) is 76.2 cm³/mol. The molecular weight excluding hydrogens is 238 g/mol. The van der Waals surface area contributed by atoms with E-state index in [0.29, 0.717) is 11.5 Å². The van der Waals surface area contributed by atoms with Gasteiger partial charge in [0.15, 0.2) is 0 Å². The van der Waals surface area contributed by atoms with Gasteiger partial charge in [0, 0.05) is 13.1 Å². The van der Waals surface area contributed by atoms with E-state index in [0.717, 1.165) is 26.1 Å². The van der Waals surface area contributed by atoms with Crippen molar-refractivity contribution in [1.82, 2.24) is 4.90 Å². The Morgan fingerprint density at radius 3 is 2.89 bits per heavy atom. The first kappa shape index (κ1) is 14.1. The Labute approximate surface area is 115 Å². The third-order valence-electron chi connectivity index (χ3n) is 3.59. The Balaban J connectivity index is 2.05. The van der Waals surface area contributed by atoms with Crippen molar-refractivity contribution in [1.29, 1.82) is 0 Å². The molecule has 0 aliphatic carbocycles. The lowest BCUT2D eigenvalue weighted by atomic mass is 9.96. The highest BCUT2D eigenvalue weighted by Gasteiger charge is 2.24. The molecule has 1 aromatic carbocycles.